The molecular formula is C24H24N8OS. The molecule has 10 heteroatoms. The van der Waals surface area contributed by atoms with Gasteiger partial charge in [-0.2, -0.15) is 5.10 Å². The van der Waals surface area contributed by atoms with Crippen LogP contribution in [0.15, 0.2) is 42.9 Å². The van der Waals surface area contributed by atoms with Crippen molar-refractivity contribution in [2.45, 2.75) is 40.7 Å². The lowest BCUT2D eigenvalue weighted by Crippen LogP contribution is -2.14. The van der Waals surface area contributed by atoms with Gasteiger partial charge in [0.05, 0.1) is 28.5 Å². The summed E-state index contributed by atoms with van der Waals surface area (Å²) in [6, 6.07) is 9.77. The highest BCUT2D eigenvalue weighted by Gasteiger charge is 2.20. The Morgan fingerprint density at radius 3 is 2.62 bits per heavy atom. The number of nitrogens with zero attached hydrogens (tertiary/aromatic N) is 7. The smallest absolute Gasteiger partial charge is 0.256 e. The average Bonchev–Trinajstić information content (AvgIpc) is 3.54. The van der Waals surface area contributed by atoms with E-state index in [-0.39, 0.29) is 11.9 Å². The molecule has 172 valence electrons. The number of aromatic nitrogens is 7. The summed E-state index contributed by atoms with van der Waals surface area (Å²) in [4.78, 5) is 20.9. The van der Waals surface area contributed by atoms with Crippen LogP contribution in [0.3, 0.4) is 0 Å². The maximum absolute atomic E-state index is 13.6. The maximum Gasteiger partial charge on any atom is 0.256 e. The molecule has 4 aromatic heterocycles. The molecule has 0 aliphatic heterocycles. The molecule has 0 aliphatic carbocycles. The first-order valence-electron chi connectivity index (χ1n) is 10.9. The normalized spacial score (nSPS) is 11.5. The van der Waals surface area contributed by atoms with Crippen LogP contribution in [0.5, 0.6) is 0 Å². The maximum atomic E-state index is 13.6. The Morgan fingerprint density at radius 1 is 1.12 bits per heavy atom. The van der Waals surface area contributed by atoms with E-state index in [0.29, 0.717) is 22.3 Å². The molecule has 9 nitrogen and oxygen atoms in total. The van der Waals surface area contributed by atoms with Gasteiger partial charge in [0.2, 0.25) is 0 Å². The fourth-order valence-corrected chi connectivity index (χ4v) is 4.90. The zero-order valence-corrected chi connectivity index (χ0v) is 20.4. The molecule has 1 amide bonds. The molecule has 5 rings (SSSR count). The van der Waals surface area contributed by atoms with Gasteiger partial charge in [0.1, 0.15) is 6.33 Å². The molecule has 4 heterocycles. The monoisotopic (exact) mass is 472 g/mol. The van der Waals surface area contributed by atoms with E-state index in [4.69, 9.17) is 4.98 Å². The summed E-state index contributed by atoms with van der Waals surface area (Å²) in [5, 5.41) is 19.6. The lowest BCUT2D eigenvalue weighted by atomic mass is 10.1. The average molecular weight is 473 g/mol. The summed E-state index contributed by atoms with van der Waals surface area (Å²) in [7, 11) is 0. The fourth-order valence-electron chi connectivity index (χ4n) is 3.96. The Balaban J connectivity index is 1.61. The predicted octanol–water partition coefficient (Wildman–Crippen LogP) is 4.89. The molecule has 0 saturated carbocycles. The molecule has 0 spiro atoms. The van der Waals surface area contributed by atoms with Crippen LogP contribution in [-0.4, -0.2) is 40.9 Å². The van der Waals surface area contributed by atoms with Crippen molar-refractivity contribution < 1.29 is 4.79 Å². The summed E-state index contributed by atoms with van der Waals surface area (Å²) in [6.45, 7) is 10.2. The number of pyridine rings is 1. The Bertz CT molecular complexity index is 1510. The Morgan fingerprint density at radius 2 is 1.94 bits per heavy atom. The molecule has 0 bridgehead atoms. The van der Waals surface area contributed by atoms with Crippen molar-refractivity contribution in [2.24, 2.45) is 0 Å². The van der Waals surface area contributed by atoms with Gasteiger partial charge in [-0.3, -0.25) is 4.79 Å². The zero-order chi connectivity index (χ0) is 24.0. The summed E-state index contributed by atoms with van der Waals surface area (Å²) in [6.07, 6.45) is 3.23. The van der Waals surface area contributed by atoms with Crippen LogP contribution >= 0.6 is 11.3 Å². The first-order chi connectivity index (χ1) is 16.3. The van der Waals surface area contributed by atoms with E-state index in [1.165, 1.54) is 11.2 Å². The minimum atomic E-state index is -0.224. The molecule has 1 N–H and O–H groups in total. The van der Waals surface area contributed by atoms with Crippen LogP contribution in [0.4, 0.5) is 5.69 Å². The molecule has 1 aromatic carbocycles. The van der Waals surface area contributed by atoms with E-state index >= 15 is 0 Å². The van der Waals surface area contributed by atoms with E-state index in [2.05, 4.69) is 45.9 Å². The molecule has 34 heavy (non-hydrogen) atoms. The minimum absolute atomic E-state index is 0.108. The number of carbonyl (C=O) groups excluding carboxylic acids is 1. The summed E-state index contributed by atoms with van der Waals surface area (Å²) < 4.78 is 3.40. The lowest BCUT2D eigenvalue weighted by Gasteiger charge is -2.13. The number of thiophene rings is 1. The van der Waals surface area contributed by atoms with Crippen molar-refractivity contribution >= 4 is 34.0 Å². The van der Waals surface area contributed by atoms with Crippen LogP contribution in [0.2, 0.25) is 0 Å². The second-order valence-corrected chi connectivity index (χ2v) is 9.97. The van der Waals surface area contributed by atoms with Crippen LogP contribution in [-0.2, 0) is 0 Å². The van der Waals surface area contributed by atoms with Gasteiger partial charge in [-0.15, -0.1) is 16.4 Å². The van der Waals surface area contributed by atoms with Crippen molar-refractivity contribution in [3.63, 3.8) is 0 Å². The summed E-state index contributed by atoms with van der Waals surface area (Å²) in [5.41, 5.74) is 5.39. The van der Waals surface area contributed by atoms with Gasteiger partial charge in [0, 0.05) is 27.0 Å². The van der Waals surface area contributed by atoms with Gasteiger partial charge in [-0.1, -0.05) is 6.07 Å². The van der Waals surface area contributed by atoms with Gasteiger partial charge >= 0.3 is 0 Å². The van der Waals surface area contributed by atoms with Crippen molar-refractivity contribution in [2.75, 3.05) is 5.32 Å². The van der Waals surface area contributed by atoms with Crippen LogP contribution in [0.1, 0.15) is 45.6 Å². The molecular weight excluding hydrogens is 448 g/mol. The van der Waals surface area contributed by atoms with Gasteiger partial charge in [0.15, 0.2) is 5.65 Å². The number of anilines is 1. The predicted molar refractivity (Wildman–Crippen MR) is 133 cm³/mol. The highest BCUT2D eigenvalue weighted by Crippen LogP contribution is 2.33. The number of carbonyl (C=O) groups is 1. The fraction of sp³-hybridized carbons (Fsp3) is 0.250. The number of hydrogen-bond acceptors (Lipinski definition) is 7. The molecule has 0 aliphatic rings. The van der Waals surface area contributed by atoms with Crippen LogP contribution in [0, 0.1) is 20.8 Å². The van der Waals surface area contributed by atoms with E-state index in [1.54, 1.807) is 22.2 Å². The lowest BCUT2D eigenvalue weighted by molar-refractivity contribution is 0.102. The van der Waals surface area contributed by atoms with Gasteiger partial charge < -0.3 is 5.32 Å². The van der Waals surface area contributed by atoms with Gasteiger partial charge in [0.25, 0.3) is 5.91 Å². The summed E-state index contributed by atoms with van der Waals surface area (Å²) in [5.74, 6) is -0.224. The molecule has 0 atom stereocenters. The number of amides is 1. The number of hydrogen-bond donors (Lipinski definition) is 1. The highest BCUT2D eigenvalue weighted by molar-refractivity contribution is 7.12. The first-order valence-corrected chi connectivity index (χ1v) is 11.7. The quantitative estimate of drug-likeness (QED) is 0.390. The number of tetrazole rings is 1. The molecule has 0 fully saturated rings. The van der Waals surface area contributed by atoms with E-state index in [0.717, 1.165) is 27.4 Å². The molecule has 0 saturated heterocycles. The number of benzene rings is 1. The molecule has 0 radical (unpaired) electrons. The van der Waals surface area contributed by atoms with Gasteiger partial charge in [-0.05, 0) is 74.9 Å². The van der Waals surface area contributed by atoms with E-state index < -0.39 is 0 Å². The van der Waals surface area contributed by atoms with E-state index in [9.17, 15) is 4.79 Å². The molecule has 0 unspecified atom stereocenters. The zero-order valence-electron chi connectivity index (χ0n) is 19.6. The van der Waals surface area contributed by atoms with Crippen LogP contribution in [0.25, 0.3) is 28.0 Å². The Kier molecular flexibility index (Phi) is 5.45. The summed E-state index contributed by atoms with van der Waals surface area (Å²) >= 11 is 1.72. The largest absolute Gasteiger partial charge is 0.322 e. The van der Waals surface area contributed by atoms with Crippen molar-refractivity contribution in [1.29, 1.82) is 0 Å². The topological polar surface area (TPSA) is 103 Å². The van der Waals surface area contributed by atoms with Crippen LogP contribution < -0.4 is 5.32 Å². The number of fused-ring (bicyclic) bond motifs is 1. The van der Waals surface area contributed by atoms with Gasteiger partial charge in [-0.25, -0.2) is 14.3 Å². The van der Waals surface area contributed by atoms with Crippen molar-refractivity contribution in [3.05, 3.63) is 63.7 Å². The number of aryl methyl sites for hydroxylation is 3. The highest BCUT2D eigenvalue weighted by atomic mass is 32.1. The third-order valence-corrected chi connectivity index (χ3v) is 6.67. The Labute approximate surface area is 200 Å². The SMILES string of the molecule is Cc1cc(-c2cc(C(=O)Nc3cc(-n4cnnn4)ccc3C)c3cnn(C(C)C)c3n2)c(C)s1. The molecule has 5 aromatic rings. The van der Waals surface area contributed by atoms with Crippen molar-refractivity contribution in [1.82, 2.24) is 35.0 Å². The Hall–Kier alpha value is -3.92. The number of nitrogens with one attached hydrogen (secondary N) is 1. The second kappa shape index (κ2) is 8.45. The first kappa shape index (κ1) is 21.9. The van der Waals surface area contributed by atoms with Crippen molar-refractivity contribution in [3.8, 4) is 16.9 Å². The third-order valence-electron chi connectivity index (χ3n) is 5.70. The second-order valence-electron chi connectivity index (χ2n) is 8.51. The number of rotatable bonds is 5. The standard InChI is InChI=1S/C24H24N8OS/c1-13(2)32-23-20(11-26-32)19(10-22(27-23)18-8-15(4)34-16(18)5)24(33)28-21-9-17(7-6-14(21)3)31-12-25-29-30-31/h6-13H,1-5H3,(H,28,33). The minimum Gasteiger partial charge on any atom is -0.322 e. The van der Waals surface area contributed by atoms with E-state index in [1.807, 2.05) is 49.7 Å². The third kappa shape index (κ3) is 3.86.